The molecule has 0 saturated carbocycles. The molecule has 0 N–H and O–H groups in total. The van der Waals surface area contributed by atoms with E-state index in [1.165, 1.54) is 11.1 Å². The van der Waals surface area contributed by atoms with Gasteiger partial charge in [0, 0.05) is 30.0 Å². The molecular weight excluding hydrogens is 285 g/mol. The summed E-state index contributed by atoms with van der Waals surface area (Å²) >= 11 is 3.15. The maximum atomic E-state index is 12.4. The van der Waals surface area contributed by atoms with Gasteiger partial charge in [0.25, 0.3) is 0 Å². The van der Waals surface area contributed by atoms with E-state index in [2.05, 4.69) is 20.9 Å². The van der Waals surface area contributed by atoms with Gasteiger partial charge in [-0.25, -0.2) is 0 Å². The van der Waals surface area contributed by atoms with Gasteiger partial charge in [0.1, 0.15) is 6.54 Å². The van der Waals surface area contributed by atoms with Crippen LogP contribution in [0.25, 0.3) is 0 Å². The second-order valence-electron chi connectivity index (χ2n) is 3.39. The van der Waals surface area contributed by atoms with Gasteiger partial charge in [-0.1, -0.05) is 15.9 Å². The topological polar surface area (TPSA) is 16.1 Å². The van der Waals surface area contributed by atoms with Crippen molar-refractivity contribution in [2.45, 2.75) is 13.1 Å². The lowest BCUT2D eigenvalue weighted by Gasteiger charge is -2.26. The quantitative estimate of drug-likeness (QED) is 0.794. The fraction of sp³-hybridized carbons (Fsp3) is 0.500. The molecule has 0 atom stereocenters. The highest BCUT2D eigenvalue weighted by molar-refractivity contribution is 9.09. The Morgan fingerprint density at radius 1 is 1.44 bits per heavy atom. The van der Waals surface area contributed by atoms with Gasteiger partial charge in [0.05, 0.1) is 0 Å². The third-order valence-corrected chi connectivity index (χ3v) is 2.41. The zero-order valence-corrected chi connectivity index (χ0v) is 10.3. The second kappa shape index (κ2) is 5.52. The molecule has 0 amide bonds. The number of hydrogen-bond acceptors (Lipinski definition) is 2. The van der Waals surface area contributed by atoms with Gasteiger partial charge in [-0.2, -0.15) is 13.2 Å². The number of pyridine rings is 1. The van der Waals surface area contributed by atoms with Gasteiger partial charge in [0.2, 0.25) is 0 Å². The van der Waals surface area contributed by atoms with E-state index in [0.717, 1.165) is 5.56 Å². The van der Waals surface area contributed by atoms with Crippen LogP contribution in [0.2, 0.25) is 0 Å². The molecule has 0 fully saturated rings. The number of aryl methyl sites for hydroxylation is 1. The summed E-state index contributed by atoms with van der Waals surface area (Å²) in [7, 11) is 0. The van der Waals surface area contributed by atoms with E-state index in [0.29, 0.717) is 17.6 Å². The number of alkyl halides is 4. The molecule has 0 aromatic carbocycles. The molecule has 1 aromatic rings. The molecule has 1 heterocycles. The van der Waals surface area contributed by atoms with Crippen molar-refractivity contribution in [3.05, 3.63) is 24.0 Å². The highest BCUT2D eigenvalue weighted by Crippen LogP contribution is 2.24. The summed E-state index contributed by atoms with van der Waals surface area (Å²) in [4.78, 5) is 5.16. The number of nitrogens with zero attached hydrogens (tertiary/aromatic N) is 2. The fourth-order valence-corrected chi connectivity index (χ4v) is 1.85. The van der Waals surface area contributed by atoms with Crippen LogP contribution in [0.15, 0.2) is 18.5 Å². The van der Waals surface area contributed by atoms with Gasteiger partial charge < -0.3 is 4.90 Å². The van der Waals surface area contributed by atoms with Crippen molar-refractivity contribution in [3.8, 4) is 0 Å². The smallest absolute Gasteiger partial charge is 0.361 e. The van der Waals surface area contributed by atoms with Crippen molar-refractivity contribution >= 4 is 21.6 Å². The maximum Gasteiger partial charge on any atom is 0.405 e. The maximum absolute atomic E-state index is 12.4. The zero-order valence-electron chi connectivity index (χ0n) is 8.76. The zero-order chi connectivity index (χ0) is 12.2. The summed E-state index contributed by atoms with van der Waals surface area (Å²) < 4.78 is 37.1. The molecule has 16 heavy (non-hydrogen) atoms. The van der Waals surface area contributed by atoms with Gasteiger partial charge in [-0.3, -0.25) is 4.98 Å². The predicted molar refractivity (Wildman–Crippen MR) is 61.0 cm³/mol. The number of rotatable bonds is 4. The van der Waals surface area contributed by atoms with Gasteiger partial charge in [-0.05, 0) is 18.6 Å². The normalized spacial score (nSPS) is 11.6. The summed E-state index contributed by atoms with van der Waals surface area (Å²) in [5, 5.41) is 0.491. The SMILES string of the molecule is Cc1cnccc1N(CCBr)CC(F)(F)F. The van der Waals surface area contributed by atoms with Crippen molar-refractivity contribution in [1.82, 2.24) is 4.98 Å². The van der Waals surface area contributed by atoms with Crippen molar-refractivity contribution in [2.24, 2.45) is 0 Å². The van der Waals surface area contributed by atoms with E-state index in [4.69, 9.17) is 0 Å². The number of anilines is 1. The summed E-state index contributed by atoms with van der Waals surface area (Å²) in [5.74, 6) is 0. The van der Waals surface area contributed by atoms with Gasteiger partial charge in [-0.15, -0.1) is 0 Å². The van der Waals surface area contributed by atoms with Crippen LogP contribution in [0, 0.1) is 6.92 Å². The molecule has 2 nitrogen and oxygen atoms in total. The monoisotopic (exact) mass is 296 g/mol. The third kappa shape index (κ3) is 4.00. The van der Waals surface area contributed by atoms with Crippen LogP contribution < -0.4 is 4.90 Å². The molecule has 1 rings (SSSR count). The molecule has 0 aliphatic carbocycles. The lowest BCUT2D eigenvalue weighted by molar-refractivity contribution is -0.119. The first kappa shape index (κ1) is 13.3. The van der Waals surface area contributed by atoms with E-state index in [1.807, 2.05) is 0 Å². The first-order valence-corrected chi connectivity index (χ1v) is 5.84. The van der Waals surface area contributed by atoms with E-state index >= 15 is 0 Å². The van der Waals surface area contributed by atoms with E-state index in [1.54, 1.807) is 19.2 Å². The lowest BCUT2D eigenvalue weighted by Crippen LogP contribution is -2.36. The first-order chi connectivity index (χ1) is 7.44. The Morgan fingerprint density at radius 2 is 2.12 bits per heavy atom. The lowest BCUT2D eigenvalue weighted by atomic mass is 10.2. The van der Waals surface area contributed by atoms with Crippen molar-refractivity contribution in [1.29, 1.82) is 0 Å². The van der Waals surface area contributed by atoms with Crippen LogP contribution in [-0.4, -0.2) is 29.6 Å². The average molecular weight is 297 g/mol. The number of halogens is 4. The molecule has 1 aromatic heterocycles. The molecule has 0 saturated heterocycles. The van der Waals surface area contributed by atoms with Gasteiger partial charge >= 0.3 is 6.18 Å². The summed E-state index contributed by atoms with van der Waals surface area (Å²) in [6.45, 7) is 1.12. The first-order valence-electron chi connectivity index (χ1n) is 4.72. The predicted octanol–water partition coefficient (Wildman–Crippen LogP) is 3.15. The molecule has 6 heteroatoms. The number of hydrogen-bond donors (Lipinski definition) is 0. The Bertz CT molecular complexity index is 341. The Kier molecular flexibility index (Phi) is 4.58. The molecule has 0 spiro atoms. The molecular formula is C10H12BrF3N2. The van der Waals surface area contributed by atoms with Crippen LogP contribution in [0.4, 0.5) is 18.9 Å². The molecule has 0 unspecified atom stereocenters. The minimum absolute atomic E-state index is 0.310. The molecule has 0 bridgehead atoms. The number of aromatic nitrogens is 1. The highest BCUT2D eigenvalue weighted by Gasteiger charge is 2.31. The minimum atomic E-state index is -4.20. The van der Waals surface area contributed by atoms with Crippen LogP contribution in [0.5, 0.6) is 0 Å². The Balaban J connectivity index is 2.89. The molecule has 90 valence electrons. The van der Waals surface area contributed by atoms with Crippen molar-refractivity contribution < 1.29 is 13.2 Å². The van der Waals surface area contributed by atoms with Gasteiger partial charge in [0.15, 0.2) is 0 Å². The largest absolute Gasteiger partial charge is 0.405 e. The van der Waals surface area contributed by atoms with Crippen molar-refractivity contribution in [2.75, 3.05) is 23.3 Å². The summed E-state index contributed by atoms with van der Waals surface area (Å²) in [6, 6.07) is 1.60. The molecule has 0 aliphatic heterocycles. The second-order valence-corrected chi connectivity index (χ2v) is 4.18. The highest BCUT2D eigenvalue weighted by atomic mass is 79.9. The van der Waals surface area contributed by atoms with Crippen LogP contribution in [0.1, 0.15) is 5.56 Å². The average Bonchev–Trinajstić information content (AvgIpc) is 2.16. The standard InChI is InChI=1S/C10H12BrF3N2/c1-8-6-15-4-2-9(8)16(5-3-11)7-10(12,13)14/h2,4,6H,3,5,7H2,1H3. The molecule has 0 aliphatic rings. The fourth-order valence-electron chi connectivity index (χ4n) is 1.42. The van der Waals surface area contributed by atoms with Crippen LogP contribution in [0.3, 0.4) is 0 Å². The van der Waals surface area contributed by atoms with E-state index in [9.17, 15) is 13.2 Å². The van der Waals surface area contributed by atoms with Crippen LogP contribution in [-0.2, 0) is 0 Å². The Labute approximate surface area is 101 Å². The van der Waals surface area contributed by atoms with E-state index in [-0.39, 0.29) is 0 Å². The minimum Gasteiger partial charge on any atom is -0.361 e. The van der Waals surface area contributed by atoms with Crippen LogP contribution >= 0.6 is 15.9 Å². The Morgan fingerprint density at radius 3 is 2.62 bits per heavy atom. The van der Waals surface area contributed by atoms with Crippen molar-refractivity contribution in [3.63, 3.8) is 0 Å². The summed E-state index contributed by atoms with van der Waals surface area (Å²) in [5.41, 5.74) is 1.32. The van der Waals surface area contributed by atoms with E-state index < -0.39 is 12.7 Å². The molecule has 0 radical (unpaired) electrons. The summed E-state index contributed by atoms with van der Waals surface area (Å²) in [6.07, 6.45) is -1.13. The Hall–Kier alpha value is -0.780. The third-order valence-electron chi connectivity index (χ3n) is 2.06.